The Kier molecular flexibility index (Phi) is 6.05. The number of H-pyrrole nitrogens is 1. The van der Waals surface area contributed by atoms with Crippen LogP contribution in [0.5, 0.6) is 5.75 Å². The first-order valence-electron chi connectivity index (χ1n) is 7.67. The van der Waals surface area contributed by atoms with Gasteiger partial charge in [-0.25, -0.2) is 4.98 Å². The lowest BCUT2D eigenvalue weighted by atomic mass is 10.2. The number of nitrogens with one attached hydrogen (secondary N) is 2. The third-order valence-electron chi connectivity index (χ3n) is 3.59. The lowest BCUT2D eigenvalue weighted by Crippen LogP contribution is -2.25. The number of carbonyl (C=O) groups is 1. The molecule has 132 valence electrons. The summed E-state index contributed by atoms with van der Waals surface area (Å²) in [6, 6.07) is 10.8. The Morgan fingerprint density at radius 1 is 1.31 bits per heavy atom. The normalized spacial score (nSPS) is 11.1. The highest BCUT2D eigenvalue weighted by molar-refractivity contribution is 8.00. The molecule has 2 rings (SSSR count). The minimum atomic E-state index is -0.518. The molecule has 1 aromatic carbocycles. The Labute approximate surface area is 155 Å². The van der Waals surface area contributed by atoms with E-state index < -0.39 is 5.25 Å². The van der Waals surface area contributed by atoms with Crippen molar-refractivity contribution in [3.63, 3.8) is 0 Å². The van der Waals surface area contributed by atoms with E-state index in [0.717, 1.165) is 17.3 Å². The van der Waals surface area contributed by atoms with Crippen LogP contribution in [0.1, 0.15) is 23.6 Å². The molecule has 8 heteroatoms. The third-order valence-corrected chi connectivity index (χ3v) is 4.71. The maximum absolute atomic E-state index is 12.5. The Hall–Kier alpha value is -3.23. The van der Waals surface area contributed by atoms with Gasteiger partial charge in [0.1, 0.15) is 29.0 Å². The fraction of sp³-hybridized carbons (Fsp3) is 0.222. The molecule has 0 saturated heterocycles. The minimum Gasteiger partial charge on any atom is -0.495 e. The first-order valence-corrected chi connectivity index (χ1v) is 8.55. The van der Waals surface area contributed by atoms with Crippen LogP contribution < -0.4 is 20.8 Å². The molecule has 0 aliphatic heterocycles. The summed E-state index contributed by atoms with van der Waals surface area (Å²) >= 11 is 1.15. The number of amides is 1. The quantitative estimate of drug-likeness (QED) is 0.780. The zero-order valence-corrected chi connectivity index (χ0v) is 15.4. The van der Waals surface area contributed by atoms with Crippen LogP contribution in [-0.4, -0.2) is 18.3 Å². The smallest absolute Gasteiger partial charge is 0.289 e. The lowest BCUT2D eigenvalue weighted by molar-refractivity contribution is -0.410. The van der Waals surface area contributed by atoms with Crippen molar-refractivity contribution >= 4 is 29.2 Å². The van der Waals surface area contributed by atoms with Gasteiger partial charge in [-0.3, -0.25) is 10.5 Å². The van der Waals surface area contributed by atoms with E-state index in [4.69, 9.17) is 15.7 Å². The van der Waals surface area contributed by atoms with E-state index in [1.165, 1.54) is 13.2 Å². The van der Waals surface area contributed by atoms with Gasteiger partial charge in [-0.1, -0.05) is 17.8 Å². The molecule has 1 heterocycles. The number of anilines is 2. The Morgan fingerprint density at radius 3 is 2.62 bits per heavy atom. The van der Waals surface area contributed by atoms with Gasteiger partial charge in [-0.2, -0.15) is 10.5 Å². The highest BCUT2D eigenvalue weighted by Gasteiger charge is 2.22. The molecule has 2 aromatic rings. The molecule has 0 radical (unpaired) electrons. The molecule has 4 N–H and O–H groups in total. The average molecular weight is 368 g/mol. The predicted octanol–water partition coefficient (Wildman–Crippen LogP) is 2.26. The topological polar surface area (TPSA) is 126 Å². The second kappa shape index (κ2) is 8.24. The molecule has 26 heavy (non-hydrogen) atoms. The number of aromatic amines is 1. The van der Waals surface area contributed by atoms with Crippen molar-refractivity contribution in [2.75, 3.05) is 18.2 Å². The van der Waals surface area contributed by atoms with Gasteiger partial charge in [0.2, 0.25) is 5.91 Å². The van der Waals surface area contributed by atoms with Crippen LogP contribution in [0.25, 0.3) is 0 Å². The van der Waals surface area contributed by atoms with E-state index in [1.807, 2.05) is 31.2 Å². The average Bonchev–Trinajstić information content (AvgIpc) is 2.62. The zero-order chi connectivity index (χ0) is 19.3. The highest BCUT2D eigenvalue weighted by Crippen LogP contribution is 2.28. The number of ether oxygens (including phenoxy) is 1. The van der Waals surface area contributed by atoms with Crippen LogP contribution in [0.2, 0.25) is 0 Å². The van der Waals surface area contributed by atoms with Crippen LogP contribution >= 0.6 is 11.8 Å². The number of carbonyl (C=O) groups excluding carboxylic acids is 1. The summed E-state index contributed by atoms with van der Waals surface area (Å²) in [7, 11) is 1.53. The van der Waals surface area contributed by atoms with E-state index in [9.17, 15) is 10.1 Å². The molecule has 1 amide bonds. The van der Waals surface area contributed by atoms with Crippen LogP contribution in [0.15, 0.2) is 29.3 Å². The van der Waals surface area contributed by atoms with E-state index in [-0.39, 0.29) is 22.9 Å². The largest absolute Gasteiger partial charge is 0.495 e. The lowest BCUT2D eigenvalue weighted by Gasteiger charge is -2.14. The van der Waals surface area contributed by atoms with E-state index in [1.54, 1.807) is 13.0 Å². The number of methoxy groups -OCH3 is 1. The number of pyridine rings is 1. The molecule has 1 aromatic heterocycles. The third kappa shape index (κ3) is 4.24. The molecule has 0 fully saturated rings. The summed E-state index contributed by atoms with van der Waals surface area (Å²) in [5.41, 5.74) is 7.78. The number of thioether (sulfide) groups is 1. The van der Waals surface area contributed by atoms with E-state index >= 15 is 0 Å². The zero-order valence-electron chi connectivity index (χ0n) is 14.6. The number of nitrogen functional groups attached to an aromatic ring is 1. The monoisotopic (exact) mass is 368 g/mol. The predicted molar refractivity (Wildman–Crippen MR) is 98.5 cm³/mol. The summed E-state index contributed by atoms with van der Waals surface area (Å²) in [5, 5.41) is 21.0. The fourth-order valence-corrected chi connectivity index (χ4v) is 3.12. The van der Waals surface area contributed by atoms with Crippen molar-refractivity contribution in [3.05, 3.63) is 41.0 Å². The van der Waals surface area contributed by atoms with Crippen LogP contribution in [-0.2, 0) is 4.79 Å². The molecule has 0 aliphatic rings. The Bertz CT molecular complexity index is 930. The standard InChI is InChI=1S/C18H17N5O2S/c1-10-4-5-15(25-3)14(6-10)22-17(24)11(2)26-18-13(9-20)7-12(8-19)16(21)23-18/h4-7,11H,1-3H3,(H2,21,23)(H,22,24)/p+1/t11-/m0/s1. The maximum Gasteiger partial charge on any atom is 0.289 e. The molecule has 0 spiro atoms. The SMILES string of the molecule is COc1ccc(C)cc1NC(=O)[C@H](C)Sc1[nH+]c(N)c(C#N)cc1C#N. The van der Waals surface area contributed by atoms with Crippen LogP contribution in [0.4, 0.5) is 11.5 Å². The van der Waals surface area contributed by atoms with Crippen molar-refractivity contribution in [2.45, 2.75) is 24.1 Å². The number of aryl methyl sites for hydroxylation is 1. The first kappa shape index (κ1) is 19.1. The van der Waals surface area contributed by atoms with Gasteiger partial charge in [0, 0.05) is 0 Å². The maximum atomic E-state index is 12.5. The first-order chi connectivity index (χ1) is 12.4. The second-order valence-electron chi connectivity index (χ2n) is 5.52. The molecule has 0 aliphatic carbocycles. The second-order valence-corrected chi connectivity index (χ2v) is 6.87. The van der Waals surface area contributed by atoms with Gasteiger partial charge in [-0.05, 0) is 37.6 Å². The summed E-state index contributed by atoms with van der Waals surface area (Å²) in [5.74, 6) is 0.467. The molecular weight excluding hydrogens is 350 g/mol. The summed E-state index contributed by atoms with van der Waals surface area (Å²) in [6.45, 7) is 3.63. The van der Waals surface area contributed by atoms with Gasteiger partial charge in [0.25, 0.3) is 5.82 Å². The van der Waals surface area contributed by atoms with E-state index in [0.29, 0.717) is 16.5 Å². The Morgan fingerprint density at radius 2 is 2.00 bits per heavy atom. The molecule has 0 saturated carbocycles. The summed E-state index contributed by atoms with van der Waals surface area (Å²) in [6.07, 6.45) is 0. The number of nitriles is 2. The van der Waals surface area contributed by atoms with Crippen molar-refractivity contribution in [1.82, 2.24) is 0 Å². The number of rotatable bonds is 5. The van der Waals surface area contributed by atoms with Gasteiger partial charge in [0.15, 0.2) is 5.03 Å². The number of aromatic nitrogens is 1. The number of hydrogen-bond donors (Lipinski definition) is 2. The molecule has 0 unspecified atom stereocenters. The molecule has 1 atom stereocenters. The number of benzene rings is 1. The number of hydrogen-bond acceptors (Lipinski definition) is 6. The van der Waals surface area contributed by atoms with Crippen LogP contribution in [0, 0.1) is 29.6 Å². The minimum absolute atomic E-state index is 0.155. The van der Waals surface area contributed by atoms with Gasteiger partial charge < -0.3 is 10.1 Å². The fourth-order valence-electron chi connectivity index (χ4n) is 2.20. The van der Waals surface area contributed by atoms with Crippen molar-refractivity contribution in [1.29, 1.82) is 10.5 Å². The number of nitrogens with zero attached hydrogens (tertiary/aromatic N) is 2. The van der Waals surface area contributed by atoms with Crippen molar-refractivity contribution in [3.8, 4) is 17.9 Å². The van der Waals surface area contributed by atoms with Crippen molar-refractivity contribution in [2.24, 2.45) is 0 Å². The molecular formula is C18H18N5O2S+. The number of nitrogens with two attached hydrogens (primary N) is 1. The van der Waals surface area contributed by atoms with Gasteiger partial charge >= 0.3 is 0 Å². The summed E-state index contributed by atoms with van der Waals surface area (Å²) < 4.78 is 5.26. The van der Waals surface area contributed by atoms with Crippen molar-refractivity contribution < 1.29 is 14.5 Å². The molecule has 7 nitrogen and oxygen atoms in total. The van der Waals surface area contributed by atoms with Crippen LogP contribution in [0.3, 0.4) is 0 Å². The highest BCUT2D eigenvalue weighted by atomic mass is 32.2. The molecule has 0 bridgehead atoms. The van der Waals surface area contributed by atoms with E-state index in [2.05, 4.69) is 10.3 Å². The Balaban J connectivity index is 2.21. The van der Waals surface area contributed by atoms with Gasteiger partial charge in [0.05, 0.1) is 18.0 Å². The van der Waals surface area contributed by atoms with Gasteiger partial charge in [-0.15, -0.1) is 0 Å². The summed E-state index contributed by atoms with van der Waals surface area (Å²) in [4.78, 5) is 15.4.